The first-order valence-corrected chi connectivity index (χ1v) is 10.2. The standard InChI is InChI=1S/C15H22N6O2S2/c1-10-7-13(19-15-16-8-11(2)24-15)18-14(17-10)12-5-6-21(9-12)25(22,23)20(3)4/h7-8,12H,5-6,9H2,1-4H3,(H,16,17,18,19)/t12-/m1/s1. The van der Waals surface area contributed by atoms with Gasteiger partial charge in [-0.3, -0.25) is 0 Å². The Morgan fingerprint density at radius 2 is 2.08 bits per heavy atom. The number of aromatic nitrogens is 3. The van der Waals surface area contributed by atoms with Crippen LogP contribution < -0.4 is 5.32 Å². The molecule has 136 valence electrons. The lowest BCUT2D eigenvalue weighted by molar-refractivity contribution is 0.418. The molecule has 0 aliphatic carbocycles. The van der Waals surface area contributed by atoms with E-state index in [4.69, 9.17) is 0 Å². The second-order valence-electron chi connectivity index (χ2n) is 6.29. The first-order valence-electron chi connectivity index (χ1n) is 7.98. The van der Waals surface area contributed by atoms with E-state index >= 15 is 0 Å². The van der Waals surface area contributed by atoms with Gasteiger partial charge >= 0.3 is 0 Å². The van der Waals surface area contributed by atoms with Crippen molar-refractivity contribution in [3.8, 4) is 0 Å². The van der Waals surface area contributed by atoms with Gasteiger partial charge in [0.1, 0.15) is 11.6 Å². The van der Waals surface area contributed by atoms with E-state index in [1.54, 1.807) is 25.4 Å². The smallest absolute Gasteiger partial charge is 0.281 e. The molecule has 1 N–H and O–H groups in total. The van der Waals surface area contributed by atoms with Crippen molar-refractivity contribution in [2.24, 2.45) is 0 Å². The summed E-state index contributed by atoms with van der Waals surface area (Å²) in [4.78, 5) is 14.5. The highest BCUT2D eigenvalue weighted by Crippen LogP contribution is 2.29. The number of aryl methyl sites for hydroxylation is 2. The topological polar surface area (TPSA) is 91.3 Å². The molecule has 0 amide bonds. The summed E-state index contributed by atoms with van der Waals surface area (Å²) in [6.45, 7) is 4.79. The first kappa shape index (κ1) is 18.2. The molecule has 10 heteroatoms. The monoisotopic (exact) mass is 382 g/mol. The number of rotatable bonds is 5. The number of anilines is 2. The summed E-state index contributed by atoms with van der Waals surface area (Å²) in [6.07, 6.45) is 2.52. The molecule has 0 unspecified atom stereocenters. The van der Waals surface area contributed by atoms with Crippen LogP contribution in [0.5, 0.6) is 0 Å². The van der Waals surface area contributed by atoms with Gasteiger partial charge in [0.2, 0.25) is 0 Å². The molecule has 8 nitrogen and oxygen atoms in total. The Bertz CT molecular complexity index is 865. The number of hydrogen-bond donors (Lipinski definition) is 1. The van der Waals surface area contributed by atoms with Gasteiger partial charge in [-0.2, -0.15) is 17.0 Å². The maximum atomic E-state index is 12.3. The van der Waals surface area contributed by atoms with Crippen LogP contribution in [0.15, 0.2) is 12.3 Å². The van der Waals surface area contributed by atoms with E-state index in [9.17, 15) is 8.42 Å². The minimum atomic E-state index is -3.40. The van der Waals surface area contributed by atoms with Crippen LogP contribution in [0.25, 0.3) is 0 Å². The second-order valence-corrected chi connectivity index (χ2v) is 9.66. The average molecular weight is 383 g/mol. The first-order chi connectivity index (χ1) is 11.8. The van der Waals surface area contributed by atoms with Crippen LogP contribution in [0.1, 0.15) is 28.7 Å². The van der Waals surface area contributed by atoms with Gasteiger partial charge in [0.15, 0.2) is 5.13 Å². The van der Waals surface area contributed by atoms with Gasteiger partial charge in [-0.15, -0.1) is 11.3 Å². The van der Waals surface area contributed by atoms with Crippen molar-refractivity contribution in [3.63, 3.8) is 0 Å². The lowest BCUT2D eigenvalue weighted by atomic mass is 10.1. The van der Waals surface area contributed by atoms with Gasteiger partial charge in [-0.05, 0) is 20.3 Å². The number of nitrogens with one attached hydrogen (secondary N) is 1. The summed E-state index contributed by atoms with van der Waals surface area (Å²) in [6, 6.07) is 1.86. The van der Waals surface area contributed by atoms with E-state index < -0.39 is 10.2 Å². The van der Waals surface area contributed by atoms with Crippen LogP contribution >= 0.6 is 11.3 Å². The van der Waals surface area contributed by atoms with Crippen LogP contribution in [-0.4, -0.2) is 59.2 Å². The van der Waals surface area contributed by atoms with Gasteiger partial charge in [0.05, 0.1) is 0 Å². The maximum Gasteiger partial charge on any atom is 0.281 e. The highest BCUT2D eigenvalue weighted by molar-refractivity contribution is 7.86. The van der Waals surface area contributed by atoms with Crippen molar-refractivity contribution in [1.29, 1.82) is 0 Å². The van der Waals surface area contributed by atoms with Crippen molar-refractivity contribution in [1.82, 2.24) is 23.6 Å². The molecule has 0 bridgehead atoms. The molecule has 0 aromatic carbocycles. The third-order valence-electron chi connectivity index (χ3n) is 4.03. The third-order valence-corrected chi connectivity index (χ3v) is 6.77. The van der Waals surface area contributed by atoms with E-state index in [-0.39, 0.29) is 5.92 Å². The van der Waals surface area contributed by atoms with Crippen molar-refractivity contribution < 1.29 is 8.42 Å². The summed E-state index contributed by atoms with van der Waals surface area (Å²) >= 11 is 1.56. The molecule has 0 saturated carbocycles. The normalized spacial score (nSPS) is 18.8. The predicted molar refractivity (Wildman–Crippen MR) is 98.4 cm³/mol. The molecular formula is C15H22N6O2S2. The average Bonchev–Trinajstić information content (AvgIpc) is 3.16. The molecule has 2 aromatic rings. The zero-order chi connectivity index (χ0) is 18.2. The van der Waals surface area contributed by atoms with Crippen molar-refractivity contribution >= 4 is 32.5 Å². The van der Waals surface area contributed by atoms with E-state index in [1.165, 1.54) is 8.61 Å². The molecule has 1 saturated heterocycles. The highest BCUT2D eigenvalue weighted by atomic mass is 32.2. The predicted octanol–water partition coefficient (Wildman–Crippen LogP) is 1.89. The zero-order valence-electron chi connectivity index (χ0n) is 14.7. The molecule has 2 aromatic heterocycles. The Morgan fingerprint density at radius 3 is 2.72 bits per heavy atom. The molecule has 1 aliphatic heterocycles. The van der Waals surface area contributed by atoms with Gasteiger partial charge in [0.25, 0.3) is 10.2 Å². The van der Waals surface area contributed by atoms with Crippen LogP contribution in [0, 0.1) is 13.8 Å². The fourth-order valence-electron chi connectivity index (χ4n) is 2.74. The van der Waals surface area contributed by atoms with E-state index in [0.29, 0.717) is 31.2 Å². The van der Waals surface area contributed by atoms with Crippen molar-refractivity contribution in [2.45, 2.75) is 26.2 Å². The van der Waals surface area contributed by atoms with Crippen LogP contribution in [0.2, 0.25) is 0 Å². The summed E-state index contributed by atoms with van der Waals surface area (Å²) in [5.41, 5.74) is 0.842. The second kappa shape index (κ2) is 6.94. The minimum Gasteiger partial charge on any atom is -0.316 e. The van der Waals surface area contributed by atoms with Gasteiger partial charge < -0.3 is 5.32 Å². The number of hydrogen-bond acceptors (Lipinski definition) is 7. The van der Waals surface area contributed by atoms with E-state index in [0.717, 1.165) is 15.7 Å². The molecule has 25 heavy (non-hydrogen) atoms. The van der Waals surface area contributed by atoms with Crippen LogP contribution in [-0.2, 0) is 10.2 Å². The molecule has 0 radical (unpaired) electrons. The quantitative estimate of drug-likeness (QED) is 0.849. The SMILES string of the molecule is Cc1cc(Nc2ncc(C)s2)nc([C@@H]2CCN(S(=O)(=O)N(C)C)C2)n1. The van der Waals surface area contributed by atoms with Gasteiger partial charge in [-0.1, -0.05) is 0 Å². The Balaban J connectivity index is 1.79. The fourth-order valence-corrected chi connectivity index (χ4v) is 4.58. The molecule has 3 rings (SSSR count). The summed E-state index contributed by atoms with van der Waals surface area (Å²) in [7, 11) is -0.305. The lowest BCUT2D eigenvalue weighted by Gasteiger charge is -2.20. The van der Waals surface area contributed by atoms with Crippen molar-refractivity contribution in [3.05, 3.63) is 28.7 Å². The third kappa shape index (κ3) is 3.97. The molecule has 0 spiro atoms. The zero-order valence-corrected chi connectivity index (χ0v) is 16.4. The van der Waals surface area contributed by atoms with Crippen LogP contribution in [0.4, 0.5) is 10.9 Å². The van der Waals surface area contributed by atoms with Crippen molar-refractivity contribution in [2.75, 3.05) is 32.5 Å². The Labute approximate surface area is 152 Å². The summed E-state index contributed by atoms with van der Waals surface area (Å²) in [5.74, 6) is 1.35. The Hall–Kier alpha value is -1.62. The van der Waals surface area contributed by atoms with Gasteiger partial charge in [0, 0.05) is 55.9 Å². The largest absolute Gasteiger partial charge is 0.316 e. The van der Waals surface area contributed by atoms with Gasteiger partial charge in [-0.25, -0.2) is 15.0 Å². The molecule has 3 heterocycles. The molecule has 1 fully saturated rings. The minimum absolute atomic E-state index is 0.00629. The lowest BCUT2D eigenvalue weighted by Crippen LogP contribution is -2.38. The molecular weight excluding hydrogens is 360 g/mol. The number of thiazole rings is 1. The maximum absolute atomic E-state index is 12.3. The Morgan fingerprint density at radius 1 is 1.32 bits per heavy atom. The molecule has 1 aliphatic rings. The Kier molecular flexibility index (Phi) is 5.05. The number of nitrogens with zero attached hydrogens (tertiary/aromatic N) is 5. The summed E-state index contributed by atoms with van der Waals surface area (Å²) in [5, 5.41) is 3.99. The fraction of sp³-hybridized carbons (Fsp3) is 0.533. The highest BCUT2D eigenvalue weighted by Gasteiger charge is 2.34. The molecule has 1 atom stereocenters. The summed E-state index contributed by atoms with van der Waals surface area (Å²) < 4.78 is 27.3. The van der Waals surface area contributed by atoms with Crippen LogP contribution in [0.3, 0.4) is 0 Å². The van der Waals surface area contributed by atoms with E-state index in [2.05, 4.69) is 20.3 Å². The van der Waals surface area contributed by atoms with E-state index in [1.807, 2.05) is 26.1 Å².